The van der Waals surface area contributed by atoms with Crippen LogP contribution in [-0.2, 0) is 4.79 Å². The Hall–Kier alpha value is -3.75. The van der Waals surface area contributed by atoms with Crippen LogP contribution >= 0.6 is 0 Å². The van der Waals surface area contributed by atoms with Gasteiger partial charge < -0.3 is 24.6 Å². The highest BCUT2D eigenvalue weighted by Crippen LogP contribution is 2.43. The van der Waals surface area contributed by atoms with Gasteiger partial charge in [0, 0.05) is 24.6 Å². The number of nitrogens with one attached hydrogen (secondary N) is 1. The number of aromatic hydroxyl groups is 1. The summed E-state index contributed by atoms with van der Waals surface area (Å²) in [5.74, 6) is 1.30. The summed E-state index contributed by atoms with van der Waals surface area (Å²) in [6.07, 6.45) is 1.58. The molecule has 0 aliphatic carbocycles. The first-order chi connectivity index (χ1) is 13.1. The number of carbonyl (C=O) groups is 1. The number of amides is 1. The normalized spacial score (nSPS) is 12.1. The molecule has 0 bridgehead atoms. The zero-order valence-corrected chi connectivity index (χ0v) is 14.6. The lowest BCUT2D eigenvalue weighted by Crippen LogP contribution is -2.06. The Morgan fingerprint density at radius 2 is 2.15 bits per heavy atom. The van der Waals surface area contributed by atoms with E-state index in [0.717, 1.165) is 0 Å². The van der Waals surface area contributed by atoms with Gasteiger partial charge in [-0.3, -0.25) is 4.79 Å². The molecular formula is C18H16N4O5. The molecule has 2 N–H and O–H groups in total. The monoisotopic (exact) mass is 368 g/mol. The average molecular weight is 368 g/mol. The van der Waals surface area contributed by atoms with E-state index < -0.39 is 0 Å². The van der Waals surface area contributed by atoms with Crippen molar-refractivity contribution >= 4 is 11.6 Å². The van der Waals surface area contributed by atoms with E-state index in [9.17, 15) is 9.90 Å². The van der Waals surface area contributed by atoms with Crippen molar-refractivity contribution < 1.29 is 24.1 Å². The summed E-state index contributed by atoms with van der Waals surface area (Å²) in [6.45, 7) is 1.49. The van der Waals surface area contributed by atoms with Crippen LogP contribution in [0.5, 0.6) is 23.0 Å². The number of hydrogen-bond acceptors (Lipinski definition) is 7. The molecule has 0 radical (unpaired) electrons. The first-order valence-electron chi connectivity index (χ1n) is 8.06. The molecule has 0 spiro atoms. The molecule has 0 saturated heterocycles. The van der Waals surface area contributed by atoms with Crippen LogP contribution in [0.2, 0.25) is 0 Å². The Labute approximate surface area is 154 Å². The molecular weight excluding hydrogens is 352 g/mol. The highest BCUT2D eigenvalue weighted by molar-refractivity contribution is 5.91. The number of carbonyl (C=O) groups excluding carboxylic acids is 1. The van der Waals surface area contributed by atoms with Gasteiger partial charge in [0.05, 0.1) is 30.4 Å². The molecule has 4 rings (SSSR count). The third kappa shape index (κ3) is 2.99. The number of benzene rings is 2. The average Bonchev–Trinajstić information content (AvgIpc) is 3.31. The van der Waals surface area contributed by atoms with Gasteiger partial charge in [0.15, 0.2) is 11.5 Å². The Morgan fingerprint density at radius 3 is 2.93 bits per heavy atom. The molecule has 0 fully saturated rings. The van der Waals surface area contributed by atoms with Gasteiger partial charge in [0.2, 0.25) is 18.4 Å². The minimum absolute atomic E-state index is 0.0299. The fourth-order valence-corrected chi connectivity index (χ4v) is 2.85. The molecule has 1 aliphatic heterocycles. The highest BCUT2D eigenvalue weighted by Gasteiger charge is 2.22. The molecule has 9 nitrogen and oxygen atoms in total. The summed E-state index contributed by atoms with van der Waals surface area (Å²) in [6, 6.07) is 8.40. The summed E-state index contributed by atoms with van der Waals surface area (Å²) < 4.78 is 17.9. The summed E-state index contributed by atoms with van der Waals surface area (Å²) in [4.78, 5) is 11.3. The minimum atomic E-state index is -0.283. The first-order valence-corrected chi connectivity index (χ1v) is 8.06. The largest absolute Gasteiger partial charge is 0.506 e. The first kappa shape index (κ1) is 16.7. The van der Waals surface area contributed by atoms with Gasteiger partial charge in [0.25, 0.3) is 0 Å². The minimum Gasteiger partial charge on any atom is -0.506 e. The number of fused-ring (bicyclic) bond motifs is 1. The van der Waals surface area contributed by atoms with Gasteiger partial charge in [-0.2, -0.15) is 0 Å². The number of methoxy groups -OCH3 is 1. The van der Waals surface area contributed by atoms with Crippen molar-refractivity contribution in [3.63, 3.8) is 0 Å². The van der Waals surface area contributed by atoms with Crippen molar-refractivity contribution in [2.75, 3.05) is 19.2 Å². The van der Waals surface area contributed by atoms with E-state index >= 15 is 0 Å². The van der Waals surface area contributed by atoms with Crippen LogP contribution in [0, 0.1) is 0 Å². The summed E-state index contributed by atoms with van der Waals surface area (Å²) in [5, 5.41) is 20.7. The Kier molecular flexibility index (Phi) is 4.03. The van der Waals surface area contributed by atoms with Gasteiger partial charge in [-0.15, -0.1) is 5.10 Å². The molecule has 9 heteroatoms. The van der Waals surface area contributed by atoms with Crippen LogP contribution in [0.3, 0.4) is 0 Å². The second kappa shape index (κ2) is 6.52. The van der Waals surface area contributed by atoms with E-state index in [4.69, 9.17) is 14.2 Å². The Morgan fingerprint density at radius 1 is 1.30 bits per heavy atom. The fourth-order valence-electron chi connectivity index (χ4n) is 2.85. The molecule has 0 atom stereocenters. The molecule has 1 amide bonds. The molecule has 0 saturated carbocycles. The molecule has 0 unspecified atom stereocenters. The predicted octanol–water partition coefficient (Wildman–Crippen LogP) is 2.34. The summed E-state index contributed by atoms with van der Waals surface area (Å²) >= 11 is 0. The van der Waals surface area contributed by atoms with E-state index in [0.29, 0.717) is 39.9 Å². The molecule has 3 aromatic rings. The number of nitrogens with zero attached hydrogens (tertiary/aromatic N) is 3. The van der Waals surface area contributed by atoms with Crippen molar-refractivity contribution in [1.29, 1.82) is 0 Å². The second-order valence-corrected chi connectivity index (χ2v) is 5.83. The maximum Gasteiger partial charge on any atom is 0.231 e. The number of aromatic nitrogens is 3. The van der Waals surface area contributed by atoms with E-state index in [2.05, 4.69) is 15.6 Å². The topological polar surface area (TPSA) is 108 Å². The third-order valence-corrected chi connectivity index (χ3v) is 4.04. The Balaban J connectivity index is 1.80. The van der Waals surface area contributed by atoms with Crippen LogP contribution < -0.4 is 19.5 Å². The van der Waals surface area contributed by atoms with Crippen molar-refractivity contribution in [3.05, 3.63) is 36.5 Å². The van der Waals surface area contributed by atoms with Crippen LogP contribution in [0.4, 0.5) is 5.69 Å². The zero-order chi connectivity index (χ0) is 19.0. The van der Waals surface area contributed by atoms with Gasteiger partial charge in [-0.25, -0.2) is 4.68 Å². The second-order valence-electron chi connectivity index (χ2n) is 5.83. The van der Waals surface area contributed by atoms with Crippen molar-refractivity contribution in [3.8, 4) is 39.9 Å². The lowest BCUT2D eigenvalue weighted by molar-refractivity contribution is -0.114. The standard InChI is InChI=1S/C18H16N4O5/c1-10(23)20-13-5-11(3-4-15(13)24)14-8-19-21-22(14)12-6-16(25-2)18-17(7-12)26-9-27-18/h3-8,24H,9H2,1-2H3,(H,20,23). The maximum absolute atomic E-state index is 11.3. The number of hydrogen-bond donors (Lipinski definition) is 2. The molecule has 1 aromatic heterocycles. The predicted molar refractivity (Wildman–Crippen MR) is 95.4 cm³/mol. The molecule has 1 aliphatic rings. The van der Waals surface area contributed by atoms with Crippen LogP contribution in [-0.4, -0.2) is 39.9 Å². The number of anilines is 1. The maximum atomic E-state index is 11.3. The van der Waals surface area contributed by atoms with Crippen LogP contribution in [0.1, 0.15) is 6.92 Å². The fraction of sp³-hybridized carbons (Fsp3) is 0.167. The number of ether oxygens (including phenoxy) is 3. The lowest BCUT2D eigenvalue weighted by Gasteiger charge is -2.12. The smallest absolute Gasteiger partial charge is 0.231 e. The van der Waals surface area contributed by atoms with Crippen LogP contribution in [0.25, 0.3) is 16.9 Å². The molecule has 138 valence electrons. The van der Waals surface area contributed by atoms with Crippen molar-refractivity contribution in [2.24, 2.45) is 0 Å². The SMILES string of the molecule is COc1cc(-n2nncc2-c2ccc(O)c(NC(C)=O)c2)cc2c1OCO2. The lowest BCUT2D eigenvalue weighted by atomic mass is 10.1. The van der Waals surface area contributed by atoms with E-state index in [1.165, 1.54) is 13.0 Å². The molecule has 2 aromatic carbocycles. The number of rotatable bonds is 4. The van der Waals surface area contributed by atoms with E-state index in [-0.39, 0.29) is 18.4 Å². The van der Waals surface area contributed by atoms with Gasteiger partial charge in [-0.1, -0.05) is 5.21 Å². The summed E-state index contributed by atoms with van der Waals surface area (Å²) in [7, 11) is 1.54. The van der Waals surface area contributed by atoms with Gasteiger partial charge >= 0.3 is 0 Å². The number of phenols is 1. The molecule has 27 heavy (non-hydrogen) atoms. The van der Waals surface area contributed by atoms with Gasteiger partial charge in [-0.05, 0) is 18.2 Å². The quantitative estimate of drug-likeness (QED) is 0.681. The Bertz CT molecular complexity index is 1030. The van der Waals surface area contributed by atoms with Crippen LogP contribution in [0.15, 0.2) is 36.5 Å². The van der Waals surface area contributed by atoms with E-state index in [1.54, 1.807) is 42.3 Å². The van der Waals surface area contributed by atoms with E-state index in [1.807, 2.05) is 0 Å². The summed E-state index contributed by atoms with van der Waals surface area (Å²) in [5.41, 5.74) is 2.33. The third-order valence-electron chi connectivity index (χ3n) is 4.04. The van der Waals surface area contributed by atoms with Gasteiger partial charge in [0.1, 0.15) is 5.75 Å². The van der Waals surface area contributed by atoms with Crippen molar-refractivity contribution in [1.82, 2.24) is 15.0 Å². The zero-order valence-electron chi connectivity index (χ0n) is 14.6. The molecule has 2 heterocycles. The number of phenolic OH excluding ortho intramolecular Hbond substituents is 1. The van der Waals surface area contributed by atoms with Crippen molar-refractivity contribution in [2.45, 2.75) is 6.92 Å². The highest BCUT2D eigenvalue weighted by atomic mass is 16.7.